The summed E-state index contributed by atoms with van der Waals surface area (Å²) in [4.78, 5) is 11.2. The van der Waals surface area contributed by atoms with Crippen LogP contribution in [0.25, 0.3) is 21.9 Å². The van der Waals surface area contributed by atoms with Crippen LogP contribution >= 0.6 is 0 Å². The van der Waals surface area contributed by atoms with Crippen LogP contribution in [0, 0.1) is 0 Å². The molecule has 0 saturated heterocycles. The number of carbonyl (C=O) groups is 1. The molecule has 0 spiro atoms. The van der Waals surface area contributed by atoms with E-state index in [0.29, 0.717) is 23.7 Å². The van der Waals surface area contributed by atoms with Crippen molar-refractivity contribution in [2.75, 3.05) is 6.54 Å². The van der Waals surface area contributed by atoms with Gasteiger partial charge in [0.1, 0.15) is 5.75 Å². The second-order valence-electron chi connectivity index (χ2n) is 6.60. The van der Waals surface area contributed by atoms with E-state index in [0.717, 1.165) is 16.7 Å². The molecule has 0 aliphatic rings. The van der Waals surface area contributed by atoms with Gasteiger partial charge in [-0.05, 0) is 52.1 Å². The molecule has 9 heteroatoms. The van der Waals surface area contributed by atoms with Crippen molar-refractivity contribution < 1.29 is 30.6 Å². The molecule has 0 unspecified atom stereocenters. The van der Waals surface area contributed by atoms with Gasteiger partial charge in [-0.2, -0.15) is 21.6 Å². The van der Waals surface area contributed by atoms with Crippen molar-refractivity contribution in [1.29, 1.82) is 0 Å². The largest absolute Gasteiger partial charge is 0.534 e. The maximum Gasteiger partial charge on any atom is 0.534 e. The lowest BCUT2D eigenvalue weighted by atomic mass is 9.95. The number of nitrogens with one attached hydrogen (secondary N) is 1. The Morgan fingerprint density at radius 3 is 2.33 bits per heavy atom. The van der Waals surface area contributed by atoms with Gasteiger partial charge in [0.05, 0.1) is 0 Å². The molecular formula is C21H18F3NO4S. The van der Waals surface area contributed by atoms with Crippen LogP contribution in [0.2, 0.25) is 0 Å². The minimum Gasteiger partial charge on any atom is -0.376 e. The van der Waals surface area contributed by atoms with Crippen LogP contribution in [-0.4, -0.2) is 26.4 Å². The van der Waals surface area contributed by atoms with E-state index in [1.54, 1.807) is 0 Å². The molecular weight excluding hydrogens is 419 g/mol. The number of rotatable bonds is 6. The van der Waals surface area contributed by atoms with E-state index in [2.05, 4.69) is 9.50 Å². The maximum atomic E-state index is 12.6. The third kappa shape index (κ3) is 4.91. The third-order valence-corrected chi connectivity index (χ3v) is 5.36. The quantitative estimate of drug-likeness (QED) is 0.458. The first kappa shape index (κ1) is 21.6. The molecule has 5 nitrogen and oxygen atoms in total. The predicted molar refractivity (Wildman–Crippen MR) is 107 cm³/mol. The Morgan fingerprint density at radius 2 is 1.70 bits per heavy atom. The zero-order valence-corrected chi connectivity index (χ0v) is 16.7. The van der Waals surface area contributed by atoms with Gasteiger partial charge in [-0.1, -0.05) is 42.5 Å². The fourth-order valence-electron chi connectivity index (χ4n) is 3.02. The Morgan fingerprint density at radius 1 is 1.00 bits per heavy atom. The fraction of sp³-hybridized carbons (Fsp3) is 0.190. The van der Waals surface area contributed by atoms with Gasteiger partial charge in [0.2, 0.25) is 5.91 Å². The fourth-order valence-corrected chi connectivity index (χ4v) is 3.47. The summed E-state index contributed by atoms with van der Waals surface area (Å²) >= 11 is 0. The highest BCUT2D eigenvalue weighted by atomic mass is 32.2. The monoisotopic (exact) mass is 437 g/mol. The second kappa shape index (κ2) is 8.35. The molecule has 158 valence electrons. The lowest BCUT2D eigenvalue weighted by molar-refractivity contribution is -0.118. The van der Waals surface area contributed by atoms with Crippen LogP contribution < -0.4 is 9.50 Å². The molecule has 1 N–H and O–H groups in total. The molecule has 0 bridgehead atoms. The summed E-state index contributed by atoms with van der Waals surface area (Å²) in [5.41, 5.74) is -2.96. The van der Waals surface area contributed by atoms with E-state index in [1.165, 1.54) is 25.1 Å². The highest BCUT2D eigenvalue weighted by Gasteiger charge is 2.48. The summed E-state index contributed by atoms with van der Waals surface area (Å²) in [7, 11) is -5.77. The van der Waals surface area contributed by atoms with E-state index >= 15 is 0 Å². The highest BCUT2D eigenvalue weighted by molar-refractivity contribution is 7.88. The molecule has 0 aromatic heterocycles. The molecule has 3 aromatic rings. The zero-order valence-electron chi connectivity index (χ0n) is 15.9. The first-order valence-electron chi connectivity index (χ1n) is 8.94. The average Bonchev–Trinajstić information content (AvgIpc) is 2.67. The minimum atomic E-state index is -5.77. The van der Waals surface area contributed by atoms with Gasteiger partial charge in [-0.15, -0.1) is 0 Å². The third-order valence-electron chi connectivity index (χ3n) is 4.38. The first-order chi connectivity index (χ1) is 14.1. The normalized spacial score (nSPS) is 12.0. The van der Waals surface area contributed by atoms with Gasteiger partial charge in [0, 0.05) is 13.5 Å². The Hall–Kier alpha value is -3.07. The van der Waals surface area contributed by atoms with Crippen molar-refractivity contribution in [3.05, 3.63) is 66.2 Å². The first-order valence-corrected chi connectivity index (χ1v) is 10.3. The molecule has 0 fully saturated rings. The number of carbonyl (C=O) groups excluding carboxylic acids is 1. The highest BCUT2D eigenvalue weighted by Crippen LogP contribution is 2.33. The van der Waals surface area contributed by atoms with Crippen molar-refractivity contribution >= 4 is 26.8 Å². The zero-order chi connectivity index (χ0) is 21.9. The number of hydrogen-bond donors (Lipinski definition) is 1. The Labute approximate surface area is 171 Å². The van der Waals surface area contributed by atoms with Crippen molar-refractivity contribution in [3.63, 3.8) is 0 Å². The van der Waals surface area contributed by atoms with Crippen molar-refractivity contribution in [2.24, 2.45) is 0 Å². The van der Waals surface area contributed by atoms with E-state index in [9.17, 15) is 26.4 Å². The van der Waals surface area contributed by atoms with Gasteiger partial charge < -0.3 is 9.50 Å². The summed E-state index contributed by atoms with van der Waals surface area (Å²) in [6.07, 6.45) is 0.395. The molecule has 1 amide bonds. The van der Waals surface area contributed by atoms with E-state index < -0.39 is 21.4 Å². The smallest absolute Gasteiger partial charge is 0.376 e. The van der Waals surface area contributed by atoms with Gasteiger partial charge in [0.25, 0.3) is 0 Å². The number of hydrogen-bond acceptors (Lipinski definition) is 4. The summed E-state index contributed by atoms with van der Waals surface area (Å²) in [6, 6.07) is 17.2. The van der Waals surface area contributed by atoms with Gasteiger partial charge in [-0.25, -0.2) is 0 Å². The van der Waals surface area contributed by atoms with Crippen molar-refractivity contribution in [3.8, 4) is 16.9 Å². The van der Waals surface area contributed by atoms with E-state index in [-0.39, 0.29) is 5.91 Å². The molecule has 30 heavy (non-hydrogen) atoms. The summed E-state index contributed by atoms with van der Waals surface area (Å²) in [5.74, 6) is -0.646. The number of amides is 1. The Kier molecular flexibility index (Phi) is 6.02. The molecule has 3 rings (SSSR count). The van der Waals surface area contributed by atoms with Crippen molar-refractivity contribution in [1.82, 2.24) is 5.32 Å². The maximum absolute atomic E-state index is 12.6. The Balaban J connectivity index is 2.06. The molecule has 0 atom stereocenters. The van der Waals surface area contributed by atoms with Crippen LogP contribution in [0.4, 0.5) is 13.2 Å². The van der Waals surface area contributed by atoms with Crippen LogP contribution in [0.5, 0.6) is 5.75 Å². The van der Waals surface area contributed by atoms with Gasteiger partial charge >= 0.3 is 15.6 Å². The lowest BCUT2D eigenvalue weighted by Gasteiger charge is -2.14. The SMILES string of the molecule is CC(=O)NCCc1cc(-c2ccccc2)cc2ccc(OS(=O)(=O)C(F)(F)F)cc12. The summed E-state index contributed by atoms with van der Waals surface area (Å²) in [5, 5.41) is 3.91. The van der Waals surface area contributed by atoms with Crippen LogP contribution in [-0.2, 0) is 21.3 Å². The van der Waals surface area contributed by atoms with Crippen LogP contribution in [0.3, 0.4) is 0 Å². The number of alkyl halides is 3. The molecule has 0 aliphatic carbocycles. The van der Waals surface area contributed by atoms with E-state index in [4.69, 9.17) is 0 Å². The average molecular weight is 437 g/mol. The molecule has 0 heterocycles. The molecule has 0 aliphatic heterocycles. The number of fused-ring (bicyclic) bond motifs is 1. The summed E-state index contributed by atoms with van der Waals surface area (Å²) in [6.45, 7) is 1.70. The van der Waals surface area contributed by atoms with Crippen LogP contribution in [0.1, 0.15) is 12.5 Å². The minimum absolute atomic E-state index is 0.209. The van der Waals surface area contributed by atoms with Gasteiger partial charge in [0.15, 0.2) is 0 Å². The number of benzene rings is 3. The van der Waals surface area contributed by atoms with Crippen LogP contribution in [0.15, 0.2) is 60.7 Å². The number of halogens is 3. The standard InChI is InChI=1S/C21H18F3NO4S/c1-14(26)25-10-9-17-12-18(15-5-3-2-4-6-15)11-16-7-8-19(13-20(16)17)29-30(27,28)21(22,23)24/h2-8,11-13H,9-10H2,1H3,(H,25,26). The molecule has 0 radical (unpaired) electrons. The predicted octanol–water partition coefficient (Wildman–Crippen LogP) is 4.41. The Bertz CT molecular complexity index is 1180. The van der Waals surface area contributed by atoms with Gasteiger partial charge in [-0.3, -0.25) is 4.79 Å². The topological polar surface area (TPSA) is 72.5 Å². The molecule has 3 aromatic carbocycles. The lowest BCUT2D eigenvalue weighted by Crippen LogP contribution is -2.28. The second-order valence-corrected chi connectivity index (χ2v) is 8.14. The molecule has 0 saturated carbocycles. The van der Waals surface area contributed by atoms with E-state index in [1.807, 2.05) is 42.5 Å². The summed E-state index contributed by atoms with van der Waals surface area (Å²) < 4.78 is 64.9. The van der Waals surface area contributed by atoms with Crippen molar-refractivity contribution in [2.45, 2.75) is 18.9 Å².